The highest BCUT2D eigenvalue weighted by Crippen LogP contribution is 2.34. The van der Waals surface area contributed by atoms with Gasteiger partial charge in [0, 0.05) is 11.1 Å². The number of nitrogens with zero attached hydrogens (tertiary/aromatic N) is 1. The lowest BCUT2D eigenvalue weighted by molar-refractivity contribution is -0.385. The zero-order valence-corrected chi connectivity index (χ0v) is 14.8. The molecule has 3 rings (SSSR count). The van der Waals surface area contributed by atoms with Crippen molar-refractivity contribution in [3.05, 3.63) is 93.5 Å². The van der Waals surface area contributed by atoms with Crippen LogP contribution in [0.3, 0.4) is 0 Å². The van der Waals surface area contributed by atoms with Crippen molar-refractivity contribution in [2.45, 2.75) is 13.0 Å². The lowest BCUT2D eigenvalue weighted by Crippen LogP contribution is -2.09. The van der Waals surface area contributed by atoms with Crippen molar-refractivity contribution in [1.29, 1.82) is 0 Å². The second-order valence-electron chi connectivity index (χ2n) is 5.73. The molecular weight excluding hydrogens is 352 g/mol. The van der Waals surface area contributed by atoms with Gasteiger partial charge < -0.3 is 10.1 Å². The van der Waals surface area contributed by atoms with Gasteiger partial charge in [0.2, 0.25) is 0 Å². The number of benzene rings is 3. The average Bonchev–Trinajstić information content (AvgIpc) is 2.65. The fourth-order valence-electron chi connectivity index (χ4n) is 2.64. The first-order valence-electron chi connectivity index (χ1n) is 8.07. The maximum atomic E-state index is 11.3. The standard InChI is InChI=1S/C20H17ClN2O3/c1-14(17-6-2-4-8-19(17)23(24)25)22-18-7-3-5-9-20(18)26-16-12-10-15(21)11-13-16/h2-14,22H,1H3. The molecule has 0 bridgehead atoms. The van der Waals surface area contributed by atoms with Crippen molar-refractivity contribution in [2.75, 3.05) is 5.32 Å². The molecule has 0 saturated heterocycles. The zero-order valence-electron chi connectivity index (χ0n) is 14.1. The van der Waals surface area contributed by atoms with Crippen LogP contribution in [0.25, 0.3) is 0 Å². The van der Waals surface area contributed by atoms with E-state index in [1.165, 1.54) is 6.07 Å². The van der Waals surface area contributed by atoms with Gasteiger partial charge in [-0.3, -0.25) is 10.1 Å². The van der Waals surface area contributed by atoms with Crippen LogP contribution in [0.5, 0.6) is 11.5 Å². The molecule has 5 nitrogen and oxygen atoms in total. The number of para-hydroxylation sites is 3. The van der Waals surface area contributed by atoms with Gasteiger partial charge in [-0.15, -0.1) is 0 Å². The normalized spacial score (nSPS) is 11.6. The summed E-state index contributed by atoms with van der Waals surface area (Å²) < 4.78 is 5.92. The van der Waals surface area contributed by atoms with Gasteiger partial charge in [0.1, 0.15) is 5.75 Å². The number of ether oxygens (including phenoxy) is 1. The number of hydrogen-bond acceptors (Lipinski definition) is 4. The van der Waals surface area contributed by atoms with Crippen LogP contribution in [0.4, 0.5) is 11.4 Å². The summed E-state index contributed by atoms with van der Waals surface area (Å²) in [6, 6.07) is 21.0. The number of nitro benzene ring substituents is 1. The van der Waals surface area contributed by atoms with Crippen molar-refractivity contribution in [3.63, 3.8) is 0 Å². The smallest absolute Gasteiger partial charge is 0.274 e. The van der Waals surface area contributed by atoms with Crippen LogP contribution in [0.2, 0.25) is 5.02 Å². The topological polar surface area (TPSA) is 64.4 Å². The average molecular weight is 369 g/mol. The van der Waals surface area contributed by atoms with E-state index in [-0.39, 0.29) is 16.7 Å². The Morgan fingerprint density at radius 1 is 1.00 bits per heavy atom. The number of halogens is 1. The van der Waals surface area contributed by atoms with Gasteiger partial charge in [0.05, 0.1) is 22.2 Å². The van der Waals surface area contributed by atoms with Gasteiger partial charge in [-0.2, -0.15) is 0 Å². The van der Waals surface area contributed by atoms with Crippen LogP contribution in [0, 0.1) is 10.1 Å². The minimum absolute atomic E-state index is 0.0867. The molecule has 0 heterocycles. The van der Waals surface area contributed by atoms with Gasteiger partial charge in [-0.25, -0.2) is 0 Å². The van der Waals surface area contributed by atoms with Crippen LogP contribution in [-0.4, -0.2) is 4.92 Å². The monoisotopic (exact) mass is 368 g/mol. The first kappa shape index (κ1) is 17.8. The van der Waals surface area contributed by atoms with Gasteiger partial charge in [-0.1, -0.05) is 41.9 Å². The molecule has 26 heavy (non-hydrogen) atoms. The molecular formula is C20H17ClN2O3. The van der Waals surface area contributed by atoms with Crippen LogP contribution in [0.1, 0.15) is 18.5 Å². The van der Waals surface area contributed by atoms with Crippen LogP contribution >= 0.6 is 11.6 Å². The fourth-order valence-corrected chi connectivity index (χ4v) is 2.76. The maximum Gasteiger partial charge on any atom is 0.274 e. The molecule has 132 valence electrons. The number of rotatable bonds is 6. The predicted molar refractivity (Wildman–Crippen MR) is 103 cm³/mol. The van der Waals surface area contributed by atoms with Gasteiger partial charge in [0.15, 0.2) is 5.75 Å². The van der Waals surface area contributed by atoms with E-state index in [4.69, 9.17) is 16.3 Å². The number of anilines is 1. The lowest BCUT2D eigenvalue weighted by atomic mass is 10.1. The summed E-state index contributed by atoms with van der Waals surface area (Å²) in [5, 5.41) is 15.2. The summed E-state index contributed by atoms with van der Waals surface area (Å²) in [7, 11) is 0. The molecule has 0 radical (unpaired) electrons. The number of nitro groups is 1. The Balaban J connectivity index is 1.84. The van der Waals surface area contributed by atoms with Crippen LogP contribution < -0.4 is 10.1 Å². The van der Waals surface area contributed by atoms with Crippen LogP contribution in [-0.2, 0) is 0 Å². The third kappa shape index (κ3) is 4.13. The molecule has 3 aromatic carbocycles. The quantitative estimate of drug-likeness (QED) is 0.414. The van der Waals surface area contributed by atoms with Gasteiger partial charge in [-0.05, 0) is 43.3 Å². The first-order chi connectivity index (χ1) is 12.5. The number of hydrogen-bond donors (Lipinski definition) is 1. The summed E-state index contributed by atoms with van der Waals surface area (Å²) in [5.74, 6) is 1.28. The summed E-state index contributed by atoms with van der Waals surface area (Å²) in [5.41, 5.74) is 1.44. The highest BCUT2D eigenvalue weighted by molar-refractivity contribution is 6.30. The van der Waals surface area contributed by atoms with E-state index in [0.29, 0.717) is 22.1 Å². The molecule has 0 aliphatic carbocycles. The summed E-state index contributed by atoms with van der Waals surface area (Å²) in [6.45, 7) is 1.88. The van der Waals surface area contributed by atoms with E-state index in [9.17, 15) is 10.1 Å². The van der Waals surface area contributed by atoms with E-state index in [1.54, 1.807) is 42.5 Å². The Morgan fingerprint density at radius 2 is 1.65 bits per heavy atom. The van der Waals surface area contributed by atoms with Crippen molar-refractivity contribution in [2.24, 2.45) is 0 Å². The molecule has 0 saturated carbocycles. The third-order valence-corrected chi connectivity index (χ3v) is 4.15. The van der Waals surface area contributed by atoms with E-state index in [0.717, 1.165) is 5.69 Å². The van der Waals surface area contributed by atoms with Gasteiger partial charge in [0.25, 0.3) is 5.69 Å². The second-order valence-corrected chi connectivity index (χ2v) is 6.17. The Labute approximate surface area is 156 Å². The molecule has 6 heteroatoms. The summed E-state index contributed by atoms with van der Waals surface area (Å²) in [4.78, 5) is 10.9. The molecule has 3 aromatic rings. The van der Waals surface area contributed by atoms with E-state index < -0.39 is 0 Å². The predicted octanol–water partition coefficient (Wildman–Crippen LogP) is 6.21. The van der Waals surface area contributed by atoms with Crippen molar-refractivity contribution in [1.82, 2.24) is 0 Å². The van der Waals surface area contributed by atoms with Crippen molar-refractivity contribution < 1.29 is 9.66 Å². The Morgan fingerprint density at radius 3 is 2.38 bits per heavy atom. The summed E-state index contributed by atoms with van der Waals surface area (Å²) in [6.07, 6.45) is 0. The highest BCUT2D eigenvalue weighted by Gasteiger charge is 2.19. The molecule has 0 amide bonds. The first-order valence-corrected chi connectivity index (χ1v) is 8.44. The molecule has 0 spiro atoms. The van der Waals surface area contributed by atoms with Crippen molar-refractivity contribution >= 4 is 23.0 Å². The molecule has 1 N–H and O–H groups in total. The Bertz CT molecular complexity index is 913. The molecule has 1 unspecified atom stereocenters. The van der Waals surface area contributed by atoms with E-state index in [2.05, 4.69) is 5.32 Å². The van der Waals surface area contributed by atoms with Crippen molar-refractivity contribution in [3.8, 4) is 11.5 Å². The lowest BCUT2D eigenvalue weighted by Gasteiger charge is -2.18. The Kier molecular flexibility index (Phi) is 5.39. The molecule has 0 fully saturated rings. The fraction of sp³-hybridized carbons (Fsp3) is 0.100. The highest BCUT2D eigenvalue weighted by atomic mass is 35.5. The van der Waals surface area contributed by atoms with Gasteiger partial charge >= 0.3 is 0 Å². The molecule has 1 atom stereocenters. The zero-order chi connectivity index (χ0) is 18.5. The molecule has 0 aromatic heterocycles. The molecule has 0 aliphatic rings. The van der Waals surface area contributed by atoms with Crippen LogP contribution in [0.15, 0.2) is 72.8 Å². The minimum atomic E-state index is -0.371. The van der Waals surface area contributed by atoms with E-state index in [1.807, 2.05) is 31.2 Å². The Hall–Kier alpha value is -3.05. The second kappa shape index (κ2) is 7.89. The maximum absolute atomic E-state index is 11.3. The third-order valence-electron chi connectivity index (χ3n) is 3.90. The van der Waals surface area contributed by atoms with E-state index >= 15 is 0 Å². The largest absolute Gasteiger partial charge is 0.455 e. The minimum Gasteiger partial charge on any atom is -0.455 e. The SMILES string of the molecule is CC(Nc1ccccc1Oc1ccc(Cl)cc1)c1ccccc1[N+](=O)[O-]. The summed E-state index contributed by atoms with van der Waals surface area (Å²) >= 11 is 5.90. The molecule has 0 aliphatic heterocycles. The number of nitrogens with one attached hydrogen (secondary N) is 1.